The van der Waals surface area contributed by atoms with E-state index in [-0.39, 0.29) is 10.8 Å². The standard InChI is InChI=1S/C31H24F3N3/c1-16-19-9-8-17(14-30(2,3)4)12-18(19)13-21-27-26-23(35-15-36-27)11-10-20-25-22(31(32,33)34)6-5-7-24(25)37(28(16)21)29(20)26/h5-13,15H,14H2,1-4H3. The van der Waals surface area contributed by atoms with Gasteiger partial charge in [-0.15, -0.1) is 0 Å². The molecule has 0 unspecified atom stereocenters. The zero-order valence-corrected chi connectivity index (χ0v) is 21.0. The van der Waals surface area contributed by atoms with Gasteiger partial charge in [-0.25, -0.2) is 9.97 Å². The number of aryl methyl sites for hydroxylation is 1. The fourth-order valence-electron chi connectivity index (χ4n) is 6.19. The average molecular weight is 496 g/mol. The number of nitrogens with zero attached hydrogens (tertiary/aromatic N) is 3. The van der Waals surface area contributed by atoms with E-state index in [0.29, 0.717) is 10.9 Å². The summed E-state index contributed by atoms with van der Waals surface area (Å²) >= 11 is 0. The molecule has 6 heteroatoms. The monoisotopic (exact) mass is 495 g/mol. The molecule has 0 radical (unpaired) electrons. The van der Waals surface area contributed by atoms with Crippen LogP contribution in [0.25, 0.3) is 59.9 Å². The number of alkyl halides is 3. The van der Waals surface area contributed by atoms with Gasteiger partial charge in [0.25, 0.3) is 0 Å². The normalized spacial score (nSPS) is 13.4. The van der Waals surface area contributed by atoms with E-state index in [1.54, 1.807) is 24.5 Å². The first-order valence-electron chi connectivity index (χ1n) is 12.4. The highest BCUT2D eigenvalue weighted by Gasteiger charge is 2.34. The van der Waals surface area contributed by atoms with E-state index in [2.05, 4.69) is 61.9 Å². The Labute approximate surface area is 210 Å². The van der Waals surface area contributed by atoms with Crippen molar-refractivity contribution in [2.45, 2.75) is 40.3 Å². The van der Waals surface area contributed by atoms with E-state index in [1.165, 1.54) is 17.7 Å². The number of rotatable bonds is 1. The number of hydrogen-bond donors (Lipinski definition) is 0. The van der Waals surface area contributed by atoms with Gasteiger partial charge >= 0.3 is 6.18 Å². The minimum atomic E-state index is -4.47. The van der Waals surface area contributed by atoms with Gasteiger partial charge in [-0.05, 0) is 71.0 Å². The molecule has 7 aromatic rings. The molecule has 3 heterocycles. The second-order valence-corrected chi connectivity index (χ2v) is 11.3. The first-order chi connectivity index (χ1) is 17.5. The lowest BCUT2D eigenvalue weighted by Crippen LogP contribution is -2.09. The van der Waals surface area contributed by atoms with Crippen LogP contribution in [0, 0.1) is 12.3 Å². The van der Waals surface area contributed by atoms with Gasteiger partial charge in [-0.2, -0.15) is 13.2 Å². The second kappa shape index (κ2) is 7.09. The Hall–Kier alpha value is -3.93. The molecule has 0 aliphatic heterocycles. The molecule has 0 atom stereocenters. The van der Waals surface area contributed by atoms with Crippen LogP contribution in [0.5, 0.6) is 0 Å². The van der Waals surface area contributed by atoms with Gasteiger partial charge in [0.1, 0.15) is 6.33 Å². The van der Waals surface area contributed by atoms with E-state index < -0.39 is 11.7 Å². The fraction of sp³-hybridized carbons (Fsp3) is 0.226. The van der Waals surface area contributed by atoms with Crippen molar-refractivity contribution in [1.29, 1.82) is 0 Å². The summed E-state index contributed by atoms with van der Waals surface area (Å²) in [7, 11) is 0. The Morgan fingerprint density at radius 2 is 1.59 bits per heavy atom. The van der Waals surface area contributed by atoms with Crippen LogP contribution in [0.2, 0.25) is 0 Å². The third-order valence-electron chi connectivity index (χ3n) is 7.50. The Kier molecular flexibility index (Phi) is 4.27. The number of pyridine rings is 1. The highest BCUT2D eigenvalue weighted by atomic mass is 19.4. The summed E-state index contributed by atoms with van der Waals surface area (Å²) in [5.74, 6) is 0. The van der Waals surface area contributed by atoms with Gasteiger partial charge in [0, 0.05) is 16.2 Å². The van der Waals surface area contributed by atoms with E-state index in [0.717, 1.165) is 55.6 Å². The molecule has 0 bridgehead atoms. The van der Waals surface area contributed by atoms with Crippen molar-refractivity contribution in [3.05, 3.63) is 77.6 Å². The molecule has 0 aliphatic rings. The number of halogens is 3. The molecule has 37 heavy (non-hydrogen) atoms. The molecule has 184 valence electrons. The molecule has 0 amide bonds. The largest absolute Gasteiger partial charge is 0.417 e. The SMILES string of the molecule is Cc1c2ccc(CC(C)(C)C)cc2cc2c3ncnc4ccc5c6c(C(F)(F)F)cccc6n(c12)c5c43. The van der Waals surface area contributed by atoms with Crippen molar-refractivity contribution in [2.75, 3.05) is 0 Å². The smallest absolute Gasteiger partial charge is 0.307 e. The minimum absolute atomic E-state index is 0.153. The predicted molar refractivity (Wildman–Crippen MR) is 145 cm³/mol. The van der Waals surface area contributed by atoms with E-state index >= 15 is 0 Å². The van der Waals surface area contributed by atoms with E-state index in [9.17, 15) is 13.2 Å². The first-order valence-corrected chi connectivity index (χ1v) is 12.4. The molecular formula is C31H24F3N3. The molecule has 0 spiro atoms. The molecule has 0 N–H and O–H groups in total. The van der Waals surface area contributed by atoms with Crippen LogP contribution in [0.1, 0.15) is 37.5 Å². The van der Waals surface area contributed by atoms with E-state index in [4.69, 9.17) is 0 Å². The summed E-state index contributed by atoms with van der Waals surface area (Å²) in [6.07, 6.45) is -1.98. The van der Waals surface area contributed by atoms with Crippen molar-refractivity contribution in [3.63, 3.8) is 0 Å². The third kappa shape index (κ3) is 3.08. The lowest BCUT2D eigenvalue weighted by Gasteiger charge is -2.19. The Morgan fingerprint density at radius 3 is 2.35 bits per heavy atom. The van der Waals surface area contributed by atoms with Crippen LogP contribution >= 0.6 is 0 Å². The number of hydrogen-bond acceptors (Lipinski definition) is 2. The molecule has 0 aliphatic carbocycles. The van der Waals surface area contributed by atoms with Crippen LogP contribution in [-0.2, 0) is 12.6 Å². The highest BCUT2D eigenvalue weighted by Crippen LogP contribution is 2.45. The summed E-state index contributed by atoms with van der Waals surface area (Å²) < 4.78 is 44.6. The van der Waals surface area contributed by atoms with Crippen LogP contribution < -0.4 is 0 Å². The van der Waals surface area contributed by atoms with Gasteiger partial charge in [-0.3, -0.25) is 0 Å². The molecule has 4 aromatic carbocycles. The van der Waals surface area contributed by atoms with Gasteiger partial charge in [0.15, 0.2) is 0 Å². The van der Waals surface area contributed by atoms with E-state index in [1.807, 2.05) is 4.40 Å². The number of fused-ring (bicyclic) bond motifs is 7. The van der Waals surface area contributed by atoms with Gasteiger partial charge in [-0.1, -0.05) is 45.0 Å². The summed E-state index contributed by atoms with van der Waals surface area (Å²) in [5.41, 5.74) is 5.45. The Bertz CT molecular complexity index is 2040. The second-order valence-electron chi connectivity index (χ2n) is 11.3. The maximum absolute atomic E-state index is 14.2. The Balaban J connectivity index is 1.75. The number of benzene rings is 4. The van der Waals surface area contributed by atoms with Gasteiger partial charge in [0.2, 0.25) is 0 Å². The van der Waals surface area contributed by atoms with Crippen molar-refractivity contribution < 1.29 is 13.2 Å². The molecule has 0 saturated carbocycles. The average Bonchev–Trinajstić information content (AvgIpc) is 3.17. The first kappa shape index (κ1) is 22.3. The summed E-state index contributed by atoms with van der Waals surface area (Å²) in [5, 5.41) is 4.68. The molecule has 3 aromatic heterocycles. The third-order valence-corrected chi connectivity index (χ3v) is 7.50. The lowest BCUT2D eigenvalue weighted by atomic mass is 9.87. The maximum Gasteiger partial charge on any atom is 0.417 e. The molecule has 0 fully saturated rings. The zero-order chi connectivity index (χ0) is 25.9. The van der Waals surface area contributed by atoms with Crippen LogP contribution in [0.3, 0.4) is 0 Å². The summed E-state index contributed by atoms with van der Waals surface area (Å²) in [6.45, 7) is 8.73. The predicted octanol–water partition coefficient (Wildman–Crippen LogP) is 8.85. The Morgan fingerprint density at radius 1 is 0.811 bits per heavy atom. The van der Waals surface area contributed by atoms with Gasteiger partial charge in [0.05, 0.1) is 38.5 Å². The van der Waals surface area contributed by atoms with Crippen LogP contribution in [0.15, 0.2) is 60.9 Å². The van der Waals surface area contributed by atoms with Crippen molar-refractivity contribution in [1.82, 2.24) is 14.4 Å². The highest BCUT2D eigenvalue weighted by molar-refractivity contribution is 6.28. The molecular weight excluding hydrogens is 471 g/mol. The number of aromatic nitrogens is 3. The maximum atomic E-state index is 14.2. The van der Waals surface area contributed by atoms with Crippen molar-refractivity contribution in [3.8, 4) is 0 Å². The fourth-order valence-corrected chi connectivity index (χ4v) is 6.19. The van der Waals surface area contributed by atoms with Crippen LogP contribution in [-0.4, -0.2) is 14.4 Å². The summed E-state index contributed by atoms with van der Waals surface area (Å²) in [4.78, 5) is 9.16. The minimum Gasteiger partial charge on any atom is -0.307 e. The van der Waals surface area contributed by atoms with Crippen molar-refractivity contribution >= 4 is 59.9 Å². The lowest BCUT2D eigenvalue weighted by molar-refractivity contribution is -0.136. The molecule has 3 nitrogen and oxygen atoms in total. The van der Waals surface area contributed by atoms with Crippen LogP contribution in [0.4, 0.5) is 13.2 Å². The molecule has 7 rings (SSSR count). The topological polar surface area (TPSA) is 30.2 Å². The molecule has 0 saturated heterocycles. The quantitative estimate of drug-likeness (QED) is 0.168. The van der Waals surface area contributed by atoms with Gasteiger partial charge < -0.3 is 4.40 Å². The van der Waals surface area contributed by atoms with Crippen molar-refractivity contribution in [2.24, 2.45) is 5.41 Å². The summed E-state index contributed by atoms with van der Waals surface area (Å²) in [6, 6.07) is 16.7. The zero-order valence-electron chi connectivity index (χ0n) is 21.0.